The predicted molar refractivity (Wildman–Crippen MR) is 96.4 cm³/mol. The van der Waals surface area contributed by atoms with Gasteiger partial charge in [-0.1, -0.05) is 25.5 Å². The average Bonchev–Trinajstić information content (AvgIpc) is 3.46. The number of fused-ring (bicyclic) bond motifs is 23. The number of rotatable bonds is 1. The van der Waals surface area contributed by atoms with E-state index in [2.05, 4.69) is 25.1 Å². The molecule has 0 aromatic carbocycles. The van der Waals surface area contributed by atoms with Crippen LogP contribution in [0.4, 0.5) is 0 Å². The van der Waals surface area contributed by atoms with Crippen molar-refractivity contribution in [2.24, 2.45) is 82.9 Å². The molecular formula is C24H29NO. The van der Waals surface area contributed by atoms with Gasteiger partial charge in [0.05, 0.1) is 24.2 Å². The van der Waals surface area contributed by atoms with E-state index in [1.807, 2.05) is 0 Å². The van der Waals surface area contributed by atoms with Crippen molar-refractivity contribution in [3.8, 4) is 6.07 Å². The molecule has 2 heteroatoms. The summed E-state index contributed by atoms with van der Waals surface area (Å²) in [6.07, 6.45) is 11.9. The molecule has 2 heterocycles. The van der Waals surface area contributed by atoms with Crippen molar-refractivity contribution in [2.75, 3.05) is 0 Å². The number of nitriles is 1. The molecule has 0 aromatic heterocycles. The molecule has 8 rings (SSSR count). The molecule has 16 unspecified atom stereocenters. The summed E-state index contributed by atoms with van der Waals surface area (Å²) in [5.74, 6) is 11.6. The zero-order chi connectivity index (χ0) is 16.9. The zero-order valence-corrected chi connectivity index (χ0v) is 15.6. The van der Waals surface area contributed by atoms with Gasteiger partial charge in [-0.05, 0) is 96.2 Å². The molecule has 0 radical (unpaired) electrons. The summed E-state index contributed by atoms with van der Waals surface area (Å²) in [5.41, 5.74) is 0. The molecule has 2 saturated heterocycles. The molecule has 2 nitrogen and oxygen atoms in total. The van der Waals surface area contributed by atoms with E-state index in [1.54, 1.807) is 0 Å². The molecule has 16 atom stereocenters. The van der Waals surface area contributed by atoms with Crippen LogP contribution in [0.1, 0.15) is 32.6 Å². The molecule has 0 spiro atoms. The Kier molecular flexibility index (Phi) is 2.34. The van der Waals surface area contributed by atoms with E-state index >= 15 is 0 Å². The van der Waals surface area contributed by atoms with Gasteiger partial charge in [0.1, 0.15) is 0 Å². The standard InChI is InChI=1S/C24H29NO/c1-2-11-12-6-13(16(11)8-25)20-19(12)23-21-14-7-15(22(21)24(20)26-23)18-10-4-3-9(5-10)17(14)18/h3-4,9-24H,2,5-7H2,1H3. The summed E-state index contributed by atoms with van der Waals surface area (Å²) in [7, 11) is 0. The summed E-state index contributed by atoms with van der Waals surface area (Å²) in [4.78, 5) is 0. The van der Waals surface area contributed by atoms with Crippen LogP contribution in [0.25, 0.3) is 0 Å². The minimum absolute atomic E-state index is 0.337. The molecule has 26 heavy (non-hydrogen) atoms. The molecular weight excluding hydrogens is 318 g/mol. The fourth-order valence-electron chi connectivity index (χ4n) is 11.4. The first kappa shape index (κ1) is 14.2. The predicted octanol–water partition coefficient (Wildman–Crippen LogP) is 4.14. The van der Waals surface area contributed by atoms with Gasteiger partial charge >= 0.3 is 0 Å². The lowest BCUT2D eigenvalue weighted by molar-refractivity contribution is 0.00202. The van der Waals surface area contributed by atoms with Crippen molar-refractivity contribution < 1.29 is 4.74 Å². The van der Waals surface area contributed by atoms with E-state index < -0.39 is 0 Å². The van der Waals surface area contributed by atoms with Crippen molar-refractivity contribution in [1.82, 2.24) is 0 Å². The third-order valence-corrected chi connectivity index (χ3v) is 11.5. The molecule has 6 aliphatic carbocycles. The Labute approximate surface area is 156 Å². The maximum absolute atomic E-state index is 9.87. The molecule has 5 saturated carbocycles. The SMILES string of the molecule is CCC1C(C#N)C2CC1C1C3OC(C21)C1C2CC(C4C5C=CC(C5)C24)C31. The number of nitrogens with zero attached hydrogens (tertiary/aromatic N) is 1. The Balaban J connectivity index is 1.20. The minimum atomic E-state index is 0.337. The van der Waals surface area contributed by atoms with Gasteiger partial charge in [0, 0.05) is 0 Å². The lowest BCUT2D eigenvalue weighted by Crippen LogP contribution is -2.51. The third kappa shape index (κ3) is 1.23. The Bertz CT molecular complexity index is 767. The first-order chi connectivity index (χ1) is 12.8. The van der Waals surface area contributed by atoms with E-state index in [1.165, 1.54) is 25.7 Å². The van der Waals surface area contributed by atoms with Crippen LogP contribution in [-0.4, -0.2) is 12.2 Å². The minimum Gasteiger partial charge on any atom is -0.374 e. The van der Waals surface area contributed by atoms with E-state index in [4.69, 9.17) is 4.74 Å². The van der Waals surface area contributed by atoms with Crippen molar-refractivity contribution >= 4 is 0 Å². The number of hydrogen-bond acceptors (Lipinski definition) is 2. The average molecular weight is 348 g/mol. The van der Waals surface area contributed by atoms with Gasteiger partial charge in [0.25, 0.3) is 0 Å². The van der Waals surface area contributed by atoms with Crippen LogP contribution in [0, 0.1) is 94.2 Å². The van der Waals surface area contributed by atoms with Gasteiger partial charge in [-0.2, -0.15) is 5.26 Å². The Morgan fingerprint density at radius 1 is 0.808 bits per heavy atom. The van der Waals surface area contributed by atoms with E-state index in [0.29, 0.717) is 30.0 Å². The van der Waals surface area contributed by atoms with Gasteiger partial charge in [-0.25, -0.2) is 0 Å². The summed E-state index contributed by atoms with van der Waals surface area (Å²) in [6.45, 7) is 2.32. The normalized spacial score (nSPS) is 72.2. The maximum Gasteiger partial charge on any atom is 0.0661 e. The van der Waals surface area contributed by atoms with Gasteiger partial charge in [0.15, 0.2) is 0 Å². The second-order valence-electron chi connectivity index (χ2n) is 11.3. The molecule has 136 valence electrons. The Hall–Kier alpha value is -0.810. The third-order valence-electron chi connectivity index (χ3n) is 11.5. The lowest BCUT2D eigenvalue weighted by atomic mass is 9.53. The highest BCUT2D eigenvalue weighted by molar-refractivity contribution is 5.28. The number of ether oxygens (including phenoxy) is 1. The first-order valence-electron chi connectivity index (χ1n) is 11.5. The summed E-state index contributed by atoms with van der Waals surface area (Å²) < 4.78 is 6.88. The van der Waals surface area contributed by atoms with Crippen LogP contribution in [-0.2, 0) is 4.74 Å². The van der Waals surface area contributed by atoms with Crippen molar-refractivity contribution in [2.45, 2.75) is 44.8 Å². The topological polar surface area (TPSA) is 33.0 Å². The molecule has 0 N–H and O–H groups in total. The molecule has 0 amide bonds. The van der Waals surface area contributed by atoms with Crippen molar-refractivity contribution in [1.29, 1.82) is 5.26 Å². The molecule has 8 aliphatic rings. The quantitative estimate of drug-likeness (QED) is 0.528. The first-order valence-corrected chi connectivity index (χ1v) is 11.5. The van der Waals surface area contributed by atoms with Crippen LogP contribution in [0.2, 0.25) is 0 Å². The number of hydrogen-bond donors (Lipinski definition) is 0. The fraction of sp³-hybridized carbons (Fsp3) is 0.875. The van der Waals surface area contributed by atoms with Gasteiger partial charge in [0.2, 0.25) is 0 Å². The van der Waals surface area contributed by atoms with E-state index in [-0.39, 0.29) is 0 Å². The maximum atomic E-state index is 9.87. The molecule has 7 fully saturated rings. The van der Waals surface area contributed by atoms with Gasteiger partial charge in [-0.15, -0.1) is 0 Å². The van der Waals surface area contributed by atoms with Crippen LogP contribution in [0.5, 0.6) is 0 Å². The monoisotopic (exact) mass is 347 g/mol. The highest BCUT2D eigenvalue weighted by Crippen LogP contribution is 2.78. The fourth-order valence-corrected chi connectivity index (χ4v) is 11.4. The second-order valence-corrected chi connectivity index (χ2v) is 11.3. The molecule has 2 aliphatic heterocycles. The second kappa shape index (κ2) is 4.27. The van der Waals surface area contributed by atoms with Crippen LogP contribution in [0.15, 0.2) is 12.2 Å². The molecule has 0 aromatic rings. The highest BCUT2D eigenvalue weighted by atomic mass is 16.5. The zero-order valence-electron chi connectivity index (χ0n) is 15.6. The van der Waals surface area contributed by atoms with Crippen molar-refractivity contribution in [3.05, 3.63) is 12.2 Å². The van der Waals surface area contributed by atoms with Gasteiger partial charge < -0.3 is 4.74 Å². The van der Waals surface area contributed by atoms with Crippen LogP contribution < -0.4 is 0 Å². The Morgan fingerprint density at radius 2 is 1.38 bits per heavy atom. The van der Waals surface area contributed by atoms with Crippen molar-refractivity contribution in [3.63, 3.8) is 0 Å². The van der Waals surface area contributed by atoms with Crippen LogP contribution >= 0.6 is 0 Å². The lowest BCUT2D eigenvalue weighted by Gasteiger charge is -2.49. The van der Waals surface area contributed by atoms with E-state index in [9.17, 15) is 5.26 Å². The highest BCUT2D eigenvalue weighted by Gasteiger charge is 2.77. The van der Waals surface area contributed by atoms with Crippen LogP contribution in [0.3, 0.4) is 0 Å². The Morgan fingerprint density at radius 3 is 2.00 bits per heavy atom. The molecule has 8 bridgehead atoms. The summed E-state index contributed by atoms with van der Waals surface area (Å²) in [5, 5.41) is 9.87. The van der Waals surface area contributed by atoms with Gasteiger partial charge in [-0.3, -0.25) is 0 Å². The smallest absolute Gasteiger partial charge is 0.0661 e. The number of allylic oxidation sites excluding steroid dienone is 2. The summed E-state index contributed by atoms with van der Waals surface area (Å²) in [6, 6.07) is 2.76. The van der Waals surface area contributed by atoms with E-state index in [0.717, 1.165) is 65.1 Å². The summed E-state index contributed by atoms with van der Waals surface area (Å²) >= 11 is 0. The largest absolute Gasteiger partial charge is 0.374 e.